The van der Waals surface area contributed by atoms with Gasteiger partial charge in [-0.3, -0.25) is 4.79 Å². The normalized spacial score (nSPS) is 15.1. The number of hydrogen-bond acceptors (Lipinski definition) is 4. The fourth-order valence-electron chi connectivity index (χ4n) is 2.48. The fraction of sp³-hybridized carbons (Fsp3) is 0.467. The largest absolute Gasteiger partial charge is 0.447 e. The van der Waals surface area contributed by atoms with Crippen molar-refractivity contribution >= 4 is 12.0 Å². The Kier molecular flexibility index (Phi) is 5.80. The van der Waals surface area contributed by atoms with Gasteiger partial charge in [-0.2, -0.15) is 0 Å². The Hall–Kier alpha value is -2.53. The van der Waals surface area contributed by atoms with Crippen LogP contribution in [0.5, 0.6) is 0 Å². The van der Waals surface area contributed by atoms with Gasteiger partial charge in [-0.25, -0.2) is 9.69 Å². The van der Waals surface area contributed by atoms with E-state index in [0.29, 0.717) is 32.4 Å². The van der Waals surface area contributed by atoms with Crippen LogP contribution in [0.1, 0.15) is 18.4 Å². The average molecular weight is 302 g/mol. The summed E-state index contributed by atoms with van der Waals surface area (Å²) in [5, 5.41) is 3.49. The van der Waals surface area contributed by atoms with Crippen molar-refractivity contribution in [1.29, 1.82) is 0 Å². The number of carbonyl (C=O) groups excluding carboxylic acids is 2. The van der Waals surface area contributed by atoms with Crippen LogP contribution in [0.4, 0.5) is 4.79 Å². The van der Waals surface area contributed by atoms with E-state index < -0.39 is 6.09 Å². The number of carbonyl (C=O) groups is 2. The fourth-order valence-corrected chi connectivity index (χ4v) is 2.48. The van der Waals surface area contributed by atoms with Gasteiger partial charge in [0, 0.05) is 17.4 Å². The summed E-state index contributed by atoms with van der Waals surface area (Å²) < 4.78 is 4.83. The summed E-state index contributed by atoms with van der Waals surface area (Å²) in [7, 11) is 0. The lowest BCUT2D eigenvalue weighted by Crippen LogP contribution is -2.37. The number of benzene rings is 1. The minimum absolute atomic E-state index is 0.215. The zero-order valence-electron chi connectivity index (χ0n) is 12.2. The van der Waals surface area contributed by atoms with Crippen molar-refractivity contribution in [3.05, 3.63) is 46.3 Å². The first-order valence-electron chi connectivity index (χ1n) is 7.25. The van der Waals surface area contributed by atoms with Crippen LogP contribution < -0.4 is 0 Å². The average Bonchev–Trinajstić information content (AvgIpc) is 2.97. The van der Waals surface area contributed by atoms with Crippen LogP contribution in [0.2, 0.25) is 0 Å². The smallest absolute Gasteiger partial charge is 0.416 e. The van der Waals surface area contributed by atoms with E-state index in [0.717, 1.165) is 5.56 Å². The molecule has 7 nitrogen and oxygen atoms in total. The van der Waals surface area contributed by atoms with Crippen LogP contribution >= 0.6 is 0 Å². The number of cyclic esters (lactones) is 1. The maximum Gasteiger partial charge on any atom is 0.416 e. The van der Waals surface area contributed by atoms with E-state index in [1.54, 1.807) is 0 Å². The number of ether oxygens (including phenoxy) is 1. The Labute approximate surface area is 128 Å². The Morgan fingerprint density at radius 1 is 1.41 bits per heavy atom. The topological polar surface area (TPSA) is 95.4 Å². The molecular formula is C15H18N4O3. The molecule has 0 spiro atoms. The highest BCUT2D eigenvalue weighted by atomic mass is 16.6. The van der Waals surface area contributed by atoms with E-state index in [4.69, 9.17) is 10.3 Å². The molecule has 0 aromatic heterocycles. The van der Waals surface area contributed by atoms with Gasteiger partial charge in [-0.05, 0) is 30.4 Å². The number of hydrogen-bond donors (Lipinski definition) is 0. The predicted molar refractivity (Wildman–Crippen MR) is 79.9 cm³/mol. The maximum atomic E-state index is 12.5. The molecule has 7 heteroatoms. The molecule has 0 aliphatic carbocycles. The second-order valence-electron chi connectivity index (χ2n) is 5.09. The molecule has 1 atom stereocenters. The molecule has 1 aromatic carbocycles. The summed E-state index contributed by atoms with van der Waals surface area (Å²) in [4.78, 5) is 28.0. The molecule has 1 fully saturated rings. The molecule has 0 bridgehead atoms. The standard InChI is InChI=1S/C15H18N4O3/c16-18-17-8-4-7-13(11-12-5-2-1-3-6-12)14(20)19-9-10-22-15(19)21/h1-3,5-6,13H,4,7-11H2. The van der Waals surface area contributed by atoms with Crippen LogP contribution in [0, 0.1) is 5.92 Å². The van der Waals surface area contributed by atoms with Gasteiger partial charge >= 0.3 is 6.09 Å². The molecule has 1 aromatic rings. The molecular weight excluding hydrogens is 284 g/mol. The first kappa shape index (κ1) is 15.9. The van der Waals surface area contributed by atoms with E-state index >= 15 is 0 Å². The zero-order chi connectivity index (χ0) is 15.8. The lowest BCUT2D eigenvalue weighted by Gasteiger charge is -2.20. The van der Waals surface area contributed by atoms with Crippen LogP contribution in [-0.4, -0.2) is 36.6 Å². The van der Waals surface area contributed by atoms with Crippen molar-refractivity contribution in [1.82, 2.24) is 4.90 Å². The summed E-state index contributed by atoms with van der Waals surface area (Å²) >= 11 is 0. The molecule has 2 rings (SSSR count). The van der Waals surface area contributed by atoms with Crippen molar-refractivity contribution in [2.45, 2.75) is 19.3 Å². The predicted octanol–water partition coefficient (Wildman–Crippen LogP) is 2.91. The second kappa shape index (κ2) is 8.05. The van der Waals surface area contributed by atoms with E-state index in [9.17, 15) is 9.59 Å². The first-order chi connectivity index (χ1) is 10.7. The molecule has 1 aliphatic rings. The molecule has 22 heavy (non-hydrogen) atoms. The number of rotatable bonds is 7. The van der Waals surface area contributed by atoms with Crippen molar-refractivity contribution in [3.63, 3.8) is 0 Å². The summed E-state index contributed by atoms with van der Waals surface area (Å²) in [5.74, 6) is -0.533. The van der Waals surface area contributed by atoms with Crippen molar-refractivity contribution in [3.8, 4) is 0 Å². The highest BCUT2D eigenvalue weighted by molar-refractivity contribution is 5.94. The quantitative estimate of drug-likeness (QED) is 0.335. The Morgan fingerprint density at radius 2 is 2.18 bits per heavy atom. The first-order valence-corrected chi connectivity index (χ1v) is 7.25. The molecule has 1 saturated heterocycles. The third kappa shape index (κ3) is 4.23. The van der Waals surface area contributed by atoms with Gasteiger partial charge < -0.3 is 4.74 Å². The number of amides is 2. The highest BCUT2D eigenvalue weighted by Crippen LogP contribution is 2.19. The maximum absolute atomic E-state index is 12.5. The molecule has 2 amide bonds. The third-order valence-electron chi connectivity index (χ3n) is 3.57. The van der Waals surface area contributed by atoms with Gasteiger partial charge in [0.1, 0.15) is 6.61 Å². The zero-order valence-corrected chi connectivity index (χ0v) is 12.2. The molecule has 1 aliphatic heterocycles. The van der Waals surface area contributed by atoms with Crippen LogP contribution in [0.15, 0.2) is 35.4 Å². The Bertz CT molecular complexity index is 569. The van der Waals surface area contributed by atoms with Crippen LogP contribution in [-0.2, 0) is 16.0 Å². The van der Waals surface area contributed by atoms with Crippen LogP contribution in [0.25, 0.3) is 10.4 Å². The van der Waals surface area contributed by atoms with Crippen molar-refractivity contribution < 1.29 is 14.3 Å². The lowest BCUT2D eigenvalue weighted by atomic mass is 9.93. The molecule has 0 saturated carbocycles. The van der Waals surface area contributed by atoms with Gasteiger partial charge in [-0.1, -0.05) is 35.4 Å². The molecule has 0 N–H and O–H groups in total. The Balaban J connectivity index is 2.04. The minimum Gasteiger partial charge on any atom is -0.447 e. The monoisotopic (exact) mass is 302 g/mol. The van der Waals surface area contributed by atoms with Crippen molar-refractivity contribution in [2.24, 2.45) is 11.0 Å². The molecule has 1 unspecified atom stereocenters. The van der Waals surface area contributed by atoms with Gasteiger partial charge in [0.05, 0.1) is 6.54 Å². The third-order valence-corrected chi connectivity index (χ3v) is 3.57. The lowest BCUT2D eigenvalue weighted by molar-refractivity contribution is -0.132. The number of azide groups is 1. The summed E-state index contributed by atoms with van der Waals surface area (Å²) in [6, 6.07) is 9.66. The summed E-state index contributed by atoms with van der Waals surface area (Å²) in [5.41, 5.74) is 9.34. The SMILES string of the molecule is [N-]=[N+]=NCCCC(Cc1ccccc1)C(=O)N1CCOC1=O. The minimum atomic E-state index is -0.571. The van der Waals surface area contributed by atoms with Crippen LogP contribution in [0.3, 0.4) is 0 Å². The number of nitrogens with zero attached hydrogens (tertiary/aromatic N) is 4. The Morgan fingerprint density at radius 3 is 2.82 bits per heavy atom. The highest BCUT2D eigenvalue weighted by Gasteiger charge is 2.33. The number of imide groups is 1. The van der Waals surface area contributed by atoms with Gasteiger partial charge in [0.25, 0.3) is 0 Å². The van der Waals surface area contributed by atoms with E-state index in [2.05, 4.69) is 10.0 Å². The van der Waals surface area contributed by atoms with E-state index in [1.165, 1.54) is 4.90 Å². The van der Waals surface area contributed by atoms with Gasteiger partial charge in [0.15, 0.2) is 0 Å². The second-order valence-corrected chi connectivity index (χ2v) is 5.09. The summed E-state index contributed by atoms with van der Waals surface area (Å²) in [6.45, 7) is 0.903. The van der Waals surface area contributed by atoms with Crippen molar-refractivity contribution in [2.75, 3.05) is 19.7 Å². The molecule has 1 heterocycles. The van der Waals surface area contributed by atoms with Gasteiger partial charge in [-0.15, -0.1) is 0 Å². The summed E-state index contributed by atoms with van der Waals surface area (Å²) in [6.07, 6.45) is 1.16. The van der Waals surface area contributed by atoms with E-state index in [-0.39, 0.29) is 18.4 Å². The molecule has 116 valence electrons. The molecule has 0 radical (unpaired) electrons. The van der Waals surface area contributed by atoms with Gasteiger partial charge in [0.2, 0.25) is 5.91 Å². The van der Waals surface area contributed by atoms with E-state index in [1.807, 2.05) is 30.3 Å².